The van der Waals surface area contributed by atoms with Gasteiger partial charge >= 0.3 is 11.7 Å². The summed E-state index contributed by atoms with van der Waals surface area (Å²) in [6, 6.07) is 6.16. The zero-order valence-electron chi connectivity index (χ0n) is 13.4. The van der Waals surface area contributed by atoms with E-state index in [2.05, 4.69) is 9.84 Å². The van der Waals surface area contributed by atoms with Crippen molar-refractivity contribution >= 4 is 17.6 Å². The number of rotatable bonds is 6. The molecule has 25 heavy (non-hydrogen) atoms. The van der Waals surface area contributed by atoms with Crippen molar-refractivity contribution in [1.82, 2.24) is 14.3 Å². The van der Waals surface area contributed by atoms with Crippen LogP contribution < -0.4 is 5.69 Å². The second-order valence-electron chi connectivity index (χ2n) is 5.43. The molecule has 0 saturated heterocycles. The fourth-order valence-electron chi connectivity index (χ4n) is 2.04. The van der Waals surface area contributed by atoms with Gasteiger partial charge in [-0.3, -0.25) is 9.36 Å². The van der Waals surface area contributed by atoms with Gasteiger partial charge in [-0.05, 0) is 24.3 Å². The molecular weight excluding hydrogens is 360 g/mol. The molecule has 0 amide bonds. The normalized spacial score (nSPS) is 12.9. The molecule has 0 fully saturated rings. The Kier molecular flexibility index (Phi) is 5.58. The van der Waals surface area contributed by atoms with Gasteiger partial charge < -0.3 is 9.84 Å². The van der Waals surface area contributed by atoms with Crippen LogP contribution in [0, 0.1) is 0 Å². The lowest BCUT2D eigenvalue weighted by atomic mass is 10.2. The molecule has 2 rings (SSSR count). The van der Waals surface area contributed by atoms with E-state index in [9.17, 15) is 23.5 Å². The Balaban J connectivity index is 2.51. The van der Waals surface area contributed by atoms with Crippen LogP contribution in [0.2, 0.25) is 5.02 Å². The first kappa shape index (κ1) is 19.1. The molecule has 0 bridgehead atoms. The van der Waals surface area contributed by atoms with Gasteiger partial charge in [0.05, 0.1) is 13.7 Å². The Hall–Kier alpha value is -2.26. The maximum atomic E-state index is 13.3. The van der Waals surface area contributed by atoms with Crippen molar-refractivity contribution in [2.45, 2.75) is 32.0 Å². The highest BCUT2D eigenvalue weighted by Gasteiger charge is 2.34. The molecule has 0 saturated carbocycles. The summed E-state index contributed by atoms with van der Waals surface area (Å²) < 4.78 is 32.8. The van der Waals surface area contributed by atoms with Crippen molar-refractivity contribution in [1.29, 1.82) is 0 Å². The summed E-state index contributed by atoms with van der Waals surface area (Å²) >= 11 is 5.81. The summed E-state index contributed by atoms with van der Waals surface area (Å²) in [6.07, 6.45) is -2.10. The van der Waals surface area contributed by atoms with E-state index in [1.807, 2.05) is 0 Å². The molecule has 1 N–H and O–H groups in total. The maximum Gasteiger partial charge on any atom is 0.346 e. The average molecular weight is 376 g/mol. The lowest BCUT2D eigenvalue weighted by Gasteiger charge is -2.18. The third kappa shape index (κ3) is 4.43. The van der Waals surface area contributed by atoms with Gasteiger partial charge in [0, 0.05) is 17.5 Å². The number of carbonyl (C=O) groups excluding carboxylic acids is 1. The number of alkyl halides is 2. The minimum absolute atomic E-state index is 0.0221. The molecule has 1 aromatic carbocycles. The monoisotopic (exact) mass is 375 g/mol. The van der Waals surface area contributed by atoms with Crippen LogP contribution in [0.1, 0.15) is 6.92 Å². The fourth-order valence-corrected chi connectivity index (χ4v) is 2.17. The molecule has 10 heteroatoms. The average Bonchev–Trinajstić information content (AvgIpc) is 2.84. The van der Waals surface area contributed by atoms with Crippen molar-refractivity contribution in [3.8, 4) is 11.4 Å². The van der Waals surface area contributed by atoms with Gasteiger partial charge in [0.25, 0.3) is 5.92 Å². The zero-order chi connectivity index (χ0) is 18.8. The van der Waals surface area contributed by atoms with Crippen molar-refractivity contribution in [3.63, 3.8) is 0 Å². The summed E-state index contributed by atoms with van der Waals surface area (Å²) in [7, 11) is 1.14. The Morgan fingerprint density at radius 3 is 2.52 bits per heavy atom. The molecule has 2 aromatic rings. The quantitative estimate of drug-likeness (QED) is 0.774. The van der Waals surface area contributed by atoms with E-state index >= 15 is 0 Å². The second kappa shape index (κ2) is 7.32. The number of halogens is 3. The number of benzene rings is 1. The summed E-state index contributed by atoms with van der Waals surface area (Å²) in [5, 5.41) is 14.1. The number of hydrogen-bond donors (Lipinski definition) is 1. The standard InChI is InChI=1S/C15H16ClF2N3O4/c1-15(17,18)11(22)7-20-13(9-3-5-10(16)6-4-9)19-21(14(20)24)8-12(23)25-2/h3-6,11,22H,7-8H2,1-2H3/t11-/m1/s1. The van der Waals surface area contributed by atoms with E-state index in [0.717, 1.165) is 16.4 Å². The number of aliphatic hydroxyl groups is 1. The predicted octanol–water partition coefficient (Wildman–Crippen LogP) is 1.55. The number of aliphatic hydroxyl groups excluding tert-OH is 1. The number of methoxy groups -OCH3 is 1. The van der Waals surface area contributed by atoms with Crippen LogP contribution in [0.15, 0.2) is 29.1 Å². The van der Waals surface area contributed by atoms with E-state index in [1.54, 1.807) is 12.1 Å². The third-order valence-electron chi connectivity index (χ3n) is 3.47. The highest BCUT2D eigenvalue weighted by molar-refractivity contribution is 6.30. The highest BCUT2D eigenvalue weighted by atomic mass is 35.5. The predicted molar refractivity (Wildman–Crippen MR) is 85.6 cm³/mol. The summed E-state index contributed by atoms with van der Waals surface area (Å²) in [4.78, 5) is 23.8. The first-order valence-corrected chi connectivity index (χ1v) is 7.57. The molecule has 136 valence electrons. The molecular formula is C15H16ClF2N3O4. The Morgan fingerprint density at radius 2 is 2.00 bits per heavy atom. The fraction of sp³-hybridized carbons (Fsp3) is 0.400. The van der Waals surface area contributed by atoms with Crippen molar-refractivity contribution in [2.75, 3.05) is 7.11 Å². The van der Waals surface area contributed by atoms with Gasteiger partial charge in [0.1, 0.15) is 12.6 Å². The van der Waals surface area contributed by atoms with Crippen LogP contribution in [-0.4, -0.2) is 44.6 Å². The van der Waals surface area contributed by atoms with Crippen LogP contribution in [0.4, 0.5) is 8.78 Å². The Morgan fingerprint density at radius 1 is 1.40 bits per heavy atom. The topological polar surface area (TPSA) is 86.3 Å². The lowest BCUT2D eigenvalue weighted by Crippen LogP contribution is -2.38. The number of ether oxygens (including phenoxy) is 1. The largest absolute Gasteiger partial charge is 0.468 e. The smallest absolute Gasteiger partial charge is 0.346 e. The van der Waals surface area contributed by atoms with E-state index < -0.39 is 36.8 Å². The zero-order valence-corrected chi connectivity index (χ0v) is 14.2. The number of hydrogen-bond acceptors (Lipinski definition) is 5. The van der Waals surface area contributed by atoms with Gasteiger partial charge in [0.2, 0.25) is 0 Å². The van der Waals surface area contributed by atoms with Crippen molar-refractivity contribution in [2.24, 2.45) is 0 Å². The third-order valence-corrected chi connectivity index (χ3v) is 3.72. The molecule has 0 aliphatic heterocycles. The Bertz CT molecular complexity index is 812. The number of carbonyl (C=O) groups is 1. The van der Waals surface area contributed by atoms with Gasteiger partial charge in [-0.15, -0.1) is 5.10 Å². The van der Waals surface area contributed by atoms with E-state index in [-0.39, 0.29) is 5.82 Å². The lowest BCUT2D eigenvalue weighted by molar-refractivity contribution is -0.141. The molecule has 1 heterocycles. The number of esters is 1. The first-order chi connectivity index (χ1) is 11.6. The number of nitrogens with zero attached hydrogens (tertiary/aromatic N) is 3. The van der Waals surface area contributed by atoms with Crippen LogP contribution in [0.25, 0.3) is 11.4 Å². The van der Waals surface area contributed by atoms with E-state index in [1.165, 1.54) is 12.1 Å². The maximum absolute atomic E-state index is 13.3. The minimum atomic E-state index is -3.42. The molecule has 0 spiro atoms. The summed E-state index contributed by atoms with van der Waals surface area (Å²) in [6.45, 7) is -0.632. The second-order valence-corrected chi connectivity index (χ2v) is 5.87. The van der Waals surface area contributed by atoms with Gasteiger partial charge in [-0.25, -0.2) is 18.3 Å². The SMILES string of the molecule is COC(=O)Cn1nc(-c2ccc(Cl)cc2)n(C[C@@H](O)C(C)(F)F)c1=O. The number of aromatic nitrogens is 3. The van der Waals surface area contributed by atoms with Crippen molar-refractivity contribution < 1.29 is 23.4 Å². The first-order valence-electron chi connectivity index (χ1n) is 7.19. The Labute approximate surface area is 146 Å². The molecule has 1 atom stereocenters. The molecule has 0 aliphatic rings. The van der Waals surface area contributed by atoms with Crippen LogP contribution in [0.3, 0.4) is 0 Å². The minimum Gasteiger partial charge on any atom is -0.468 e. The molecule has 0 radical (unpaired) electrons. The highest BCUT2D eigenvalue weighted by Crippen LogP contribution is 2.22. The van der Waals surface area contributed by atoms with Gasteiger partial charge in [0.15, 0.2) is 5.82 Å². The molecule has 1 aromatic heterocycles. The van der Waals surface area contributed by atoms with Crippen LogP contribution in [-0.2, 0) is 22.6 Å². The van der Waals surface area contributed by atoms with Crippen molar-refractivity contribution in [3.05, 3.63) is 39.8 Å². The summed E-state index contributed by atoms with van der Waals surface area (Å²) in [5.74, 6) is -4.12. The molecule has 0 aliphatic carbocycles. The van der Waals surface area contributed by atoms with Gasteiger partial charge in [-0.2, -0.15) is 0 Å². The molecule has 7 nitrogen and oxygen atoms in total. The van der Waals surface area contributed by atoms with Crippen LogP contribution >= 0.6 is 11.6 Å². The van der Waals surface area contributed by atoms with Gasteiger partial charge in [-0.1, -0.05) is 11.6 Å². The molecule has 0 unspecified atom stereocenters. The van der Waals surface area contributed by atoms with Crippen LogP contribution in [0.5, 0.6) is 0 Å². The summed E-state index contributed by atoms with van der Waals surface area (Å²) in [5.41, 5.74) is -0.407. The van der Waals surface area contributed by atoms with E-state index in [0.29, 0.717) is 17.5 Å². The van der Waals surface area contributed by atoms with E-state index in [4.69, 9.17) is 11.6 Å².